The number of ether oxygens (including phenoxy) is 1. The number of nitrogens with zero attached hydrogens (tertiary/aromatic N) is 2. The Morgan fingerprint density at radius 3 is 2.28 bits per heavy atom. The highest BCUT2D eigenvalue weighted by atomic mass is 35.5. The zero-order valence-electron chi connectivity index (χ0n) is 26.6. The second-order valence-electron chi connectivity index (χ2n) is 11.8. The Bertz CT molecular complexity index is 1780. The predicted molar refractivity (Wildman–Crippen MR) is 185 cm³/mol. The number of rotatable bonds is 13. The quantitative estimate of drug-likeness (QED) is 0.174. The molecular formula is C37H40ClN3O5S. The van der Waals surface area contributed by atoms with Crippen LogP contribution in [0.2, 0.25) is 5.02 Å². The highest BCUT2D eigenvalue weighted by Crippen LogP contribution is 2.29. The molecule has 0 aliphatic heterocycles. The number of carbonyl (C=O) groups is 2. The summed E-state index contributed by atoms with van der Waals surface area (Å²) >= 11 is 6.60. The highest BCUT2D eigenvalue weighted by molar-refractivity contribution is 7.92. The third kappa shape index (κ3) is 8.53. The molecule has 47 heavy (non-hydrogen) atoms. The molecule has 4 aromatic carbocycles. The van der Waals surface area contributed by atoms with Gasteiger partial charge in [-0.2, -0.15) is 0 Å². The topological polar surface area (TPSA) is 96.0 Å². The summed E-state index contributed by atoms with van der Waals surface area (Å²) in [5.41, 5.74) is 2.67. The maximum Gasteiger partial charge on any atom is 0.264 e. The SMILES string of the molecule is COc1cccc(N(CC(=O)N(Cc2ccccc2Cl)[C@@H](Cc2ccccc2)C(=O)NC2CCCC2)S(=O)(=O)c2ccc(C)cc2)c1. The molecule has 10 heteroatoms. The number of hydrogen-bond acceptors (Lipinski definition) is 5. The van der Waals surface area contributed by atoms with Crippen LogP contribution in [0.1, 0.15) is 42.4 Å². The predicted octanol–water partition coefficient (Wildman–Crippen LogP) is 6.55. The Balaban J connectivity index is 1.58. The molecule has 1 fully saturated rings. The molecule has 1 saturated carbocycles. The van der Waals surface area contributed by atoms with Gasteiger partial charge in [0.15, 0.2) is 0 Å². The average Bonchev–Trinajstić information content (AvgIpc) is 3.59. The van der Waals surface area contributed by atoms with Crippen molar-refractivity contribution in [1.82, 2.24) is 10.2 Å². The number of carbonyl (C=O) groups excluding carboxylic acids is 2. The molecule has 4 aromatic rings. The summed E-state index contributed by atoms with van der Waals surface area (Å²) in [4.78, 5) is 30.3. The van der Waals surface area contributed by atoms with Gasteiger partial charge in [0, 0.05) is 30.1 Å². The summed E-state index contributed by atoms with van der Waals surface area (Å²) < 4.78 is 35.0. The number of amides is 2. The Morgan fingerprint density at radius 2 is 1.60 bits per heavy atom. The first-order chi connectivity index (χ1) is 22.7. The van der Waals surface area contributed by atoms with Gasteiger partial charge in [0.05, 0.1) is 17.7 Å². The molecule has 8 nitrogen and oxygen atoms in total. The lowest BCUT2D eigenvalue weighted by Gasteiger charge is -2.34. The Morgan fingerprint density at radius 1 is 0.915 bits per heavy atom. The number of nitrogens with one attached hydrogen (secondary N) is 1. The monoisotopic (exact) mass is 673 g/mol. The summed E-state index contributed by atoms with van der Waals surface area (Å²) in [5, 5.41) is 3.62. The van der Waals surface area contributed by atoms with Gasteiger partial charge in [-0.1, -0.05) is 96.7 Å². The van der Waals surface area contributed by atoms with Crippen LogP contribution < -0.4 is 14.4 Å². The van der Waals surface area contributed by atoms with E-state index in [2.05, 4.69) is 5.32 Å². The van der Waals surface area contributed by atoms with E-state index in [1.807, 2.05) is 43.3 Å². The van der Waals surface area contributed by atoms with E-state index >= 15 is 0 Å². The molecule has 0 heterocycles. The van der Waals surface area contributed by atoms with Crippen molar-refractivity contribution < 1.29 is 22.7 Å². The summed E-state index contributed by atoms with van der Waals surface area (Å²) in [5.74, 6) is -0.397. The Hall–Kier alpha value is -4.34. The molecular weight excluding hydrogens is 634 g/mol. The smallest absolute Gasteiger partial charge is 0.264 e. The third-order valence-corrected chi connectivity index (χ3v) is 10.7. The first-order valence-corrected chi connectivity index (χ1v) is 17.6. The molecule has 1 N–H and O–H groups in total. The van der Waals surface area contributed by atoms with Gasteiger partial charge in [0.1, 0.15) is 18.3 Å². The molecule has 0 spiro atoms. The van der Waals surface area contributed by atoms with Crippen molar-refractivity contribution in [2.75, 3.05) is 18.0 Å². The lowest BCUT2D eigenvalue weighted by molar-refractivity contribution is -0.140. The maximum atomic E-state index is 14.7. The lowest BCUT2D eigenvalue weighted by atomic mass is 10.0. The van der Waals surface area contributed by atoms with E-state index < -0.39 is 28.5 Å². The van der Waals surface area contributed by atoms with Crippen LogP contribution in [0.25, 0.3) is 0 Å². The van der Waals surface area contributed by atoms with Crippen LogP contribution in [0.15, 0.2) is 108 Å². The molecule has 0 bridgehead atoms. The van der Waals surface area contributed by atoms with Crippen LogP contribution in [0.4, 0.5) is 5.69 Å². The van der Waals surface area contributed by atoms with Crippen LogP contribution >= 0.6 is 11.6 Å². The van der Waals surface area contributed by atoms with Crippen molar-refractivity contribution in [3.8, 4) is 5.75 Å². The second-order valence-corrected chi connectivity index (χ2v) is 14.1. The fourth-order valence-corrected chi connectivity index (χ4v) is 7.46. The highest BCUT2D eigenvalue weighted by Gasteiger charge is 2.36. The number of aryl methyl sites for hydroxylation is 1. The van der Waals surface area contributed by atoms with Crippen molar-refractivity contribution in [3.63, 3.8) is 0 Å². The average molecular weight is 674 g/mol. The first kappa shape index (κ1) is 34.0. The number of benzene rings is 4. The van der Waals surface area contributed by atoms with Crippen LogP contribution in [0, 0.1) is 6.92 Å². The molecule has 0 unspecified atom stereocenters. The molecule has 5 rings (SSSR count). The fraction of sp³-hybridized carbons (Fsp3) is 0.297. The number of hydrogen-bond donors (Lipinski definition) is 1. The van der Waals surface area contributed by atoms with Crippen LogP contribution in [0.5, 0.6) is 5.75 Å². The van der Waals surface area contributed by atoms with Crippen molar-refractivity contribution in [2.24, 2.45) is 0 Å². The van der Waals surface area contributed by atoms with E-state index in [1.165, 1.54) is 24.1 Å². The minimum absolute atomic E-state index is 0.00459. The zero-order valence-corrected chi connectivity index (χ0v) is 28.2. The molecule has 1 atom stereocenters. The van der Waals surface area contributed by atoms with Crippen molar-refractivity contribution >= 4 is 39.1 Å². The number of sulfonamides is 1. The Kier molecular flexibility index (Phi) is 11.2. The minimum Gasteiger partial charge on any atom is -0.497 e. The van der Waals surface area contributed by atoms with Crippen molar-refractivity contribution in [2.45, 2.75) is 62.6 Å². The zero-order chi connectivity index (χ0) is 33.4. The molecule has 2 amide bonds. The number of methoxy groups -OCH3 is 1. The number of halogens is 1. The van der Waals surface area contributed by atoms with Gasteiger partial charge in [-0.3, -0.25) is 13.9 Å². The van der Waals surface area contributed by atoms with E-state index in [0.717, 1.165) is 41.1 Å². The maximum absolute atomic E-state index is 14.7. The van der Waals surface area contributed by atoms with Gasteiger partial charge >= 0.3 is 0 Å². The van der Waals surface area contributed by atoms with Crippen LogP contribution in [-0.4, -0.2) is 50.9 Å². The standard InChI is InChI=1S/C37H40ClN3O5S/c1-27-19-21-33(22-20-27)47(44,45)41(31-16-10-17-32(24-31)46-2)26-36(42)40(25-29-13-6-9-18-34(29)38)35(23-28-11-4-3-5-12-28)37(43)39-30-14-7-8-15-30/h3-6,9-13,16-22,24,30,35H,7-8,14-15,23,25-26H2,1-2H3,(H,39,43)/t35-/m0/s1. The van der Waals surface area contributed by atoms with E-state index in [-0.39, 0.29) is 35.5 Å². The molecule has 0 radical (unpaired) electrons. The largest absolute Gasteiger partial charge is 0.497 e. The van der Waals surface area contributed by atoms with Gasteiger partial charge < -0.3 is 15.0 Å². The van der Waals surface area contributed by atoms with E-state index in [9.17, 15) is 18.0 Å². The Labute approximate surface area is 282 Å². The van der Waals surface area contributed by atoms with Gasteiger partial charge in [-0.15, -0.1) is 0 Å². The summed E-state index contributed by atoms with van der Waals surface area (Å²) in [6.45, 7) is 1.32. The minimum atomic E-state index is -4.23. The van der Waals surface area contributed by atoms with Crippen molar-refractivity contribution in [3.05, 3.63) is 125 Å². The fourth-order valence-electron chi connectivity index (χ4n) is 5.86. The van der Waals surface area contributed by atoms with E-state index in [0.29, 0.717) is 16.3 Å². The molecule has 0 saturated heterocycles. The number of anilines is 1. The van der Waals surface area contributed by atoms with Crippen LogP contribution in [-0.2, 0) is 32.6 Å². The normalized spacial score (nSPS) is 13.9. The molecule has 1 aliphatic rings. The first-order valence-electron chi connectivity index (χ1n) is 15.8. The molecule has 0 aromatic heterocycles. The van der Waals surface area contributed by atoms with Gasteiger partial charge in [-0.25, -0.2) is 8.42 Å². The van der Waals surface area contributed by atoms with Gasteiger partial charge in [-0.05, 0) is 61.2 Å². The molecule has 246 valence electrons. The third-order valence-electron chi connectivity index (χ3n) is 8.50. The van der Waals surface area contributed by atoms with Gasteiger partial charge in [0.25, 0.3) is 10.0 Å². The lowest BCUT2D eigenvalue weighted by Crippen LogP contribution is -2.54. The summed E-state index contributed by atoms with van der Waals surface area (Å²) in [6.07, 6.45) is 4.05. The summed E-state index contributed by atoms with van der Waals surface area (Å²) in [6, 6.07) is 28.8. The summed E-state index contributed by atoms with van der Waals surface area (Å²) in [7, 11) is -2.73. The van der Waals surface area contributed by atoms with E-state index in [1.54, 1.807) is 54.6 Å². The van der Waals surface area contributed by atoms with Crippen LogP contribution in [0.3, 0.4) is 0 Å². The van der Waals surface area contributed by atoms with Crippen molar-refractivity contribution in [1.29, 1.82) is 0 Å². The van der Waals surface area contributed by atoms with Gasteiger partial charge in [0.2, 0.25) is 11.8 Å². The molecule has 1 aliphatic carbocycles. The second kappa shape index (κ2) is 15.5. The van der Waals surface area contributed by atoms with E-state index in [4.69, 9.17) is 16.3 Å².